The lowest BCUT2D eigenvalue weighted by Crippen LogP contribution is -2.79. The molecule has 2 heterocycles. The molecule has 1 spiro atoms. The molecule has 4 atom stereocenters. The Morgan fingerprint density at radius 1 is 1.14 bits per heavy atom. The lowest BCUT2D eigenvalue weighted by Gasteiger charge is -2.66. The maximum atomic E-state index is 10.4. The quantitative estimate of drug-likeness (QED) is 0.605. The molecule has 4 unspecified atom stereocenters. The Bertz CT molecular complexity index is 308. The van der Waals surface area contributed by atoms with Crippen LogP contribution in [0.5, 0.6) is 0 Å². The summed E-state index contributed by atoms with van der Waals surface area (Å²) in [6.07, 6.45) is 1.01. The maximum absolute atomic E-state index is 10.4. The van der Waals surface area contributed by atoms with Gasteiger partial charge in [-0.05, 0) is 20.5 Å². The maximum Gasteiger partial charge on any atom is 0.0832 e. The second-order valence-corrected chi connectivity index (χ2v) is 6.18. The van der Waals surface area contributed by atoms with E-state index in [-0.39, 0.29) is 22.6 Å². The molecule has 0 aromatic carbocycles. The van der Waals surface area contributed by atoms with Crippen molar-refractivity contribution in [3.8, 4) is 0 Å². The van der Waals surface area contributed by atoms with E-state index in [9.17, 15) is 5.11 Å². The zero-order chi connectivity index (χ0) is 10.4. The molecule has 2 aliphatic heterocycles. The monoisotopic (exact) mass is 196 g/mol. The van der Waals surface area contributed by atoms with Crippen molar-refractivity contribution in [2.45, 2.75) is 32.0 Å². The summed E-state index contributed by atoms with van der Waals surface area (Å²) in [5.74, 6) is 0. The highest BCUT2D eigenvalue weighted by molar-refractivity contribution is 5.28. The Morgan fingerprint density at radius 3 is 2.14 bits per heavy atom. The van der Waals surface area contributed by atoms with Crippen LogP contribution >= 0.6 is 0 Å². The second-order valence-electron chi connectivity index (χ2n) is 6.18. The molecular weight excluding hydrogens is 176 g/mol. The van der Waals surface area contributed by atoms with Crippen LogP contribution in [0.15, 0.2) is 0 Å². The molecule has 3 nitrogen and oxygen atoms in total. The molecule has 1 aliphatic carbocycles. The molecule has 3 aliphatic rings. The van der Waals surface area contributed by atoms with E-state index in [0.29, 0.717) is 0 Å². The molecule has 2 saturated heterocycles. The van der Waals surface area contributed by atoms with Crippen molar-refractivity contribution >= 4 is 0 Å². The summed E-state index contributed by atoms with van der Waals surface area (Å²) in [6.45, 7) is 6.56. The summed E-state index contributed by atoms with van der Waals surface area (Å²) in [5, 5.41) is 10.4. The lowest BCUT2D eigenvalue weighted by atomic mass is 9.65. The molecule has 0 aromatic heterocycles. The third-order valence-electron chi connectivity index (χ3n) is 5.26. The Balaban J connectivity index is 2.13. The van der Waals surface area contributed by atoms with Crippen LogP contribution in [0.25, 0.3) is 0 Å². The van der Waals surface area contributed by atoms with E-state index in [4.69, 9.17) is 0 Å². The van der Waals surface area contributed by atoms with Gasteiger partial charge in [0.15, 0.2) is 0 Å². The minimum Gasteiger partial charge on any atom is -0.392 e. The second kappa shape index (κ2) is 2.04. The van der Waals surface area contributed by atoms with E-state index in [1.165, 1.54) is 0 Å². The van der Waals surface area contributed by atoms with Crippen molar-refractivity contribution in [3.05, 3.63) is 0 Å². The molecular formula is C11H20N2O. The fourth-order valence-corrected chi connectivity index (χ4v) is 4.84. The SMILES string of the molecule is CN1CC2(C)CC13N(C)CC3(C)C2O. The number of aliphatic hydroxyl groups excluding tert-OH is 1. The topological polar surface area (TPSA) is 26.7 Å². The van der Waals surface area contributed by atoms with E-state index in [1.807, 2.05) is 0 Å². The summed E-state index contributed by atoms with van der Waals surface area (Å²) in [5.41, 5.74) is 0.374. The van der Waals surface area contributed by atoms with Crippen molar-refractivity contribution in [1.82, 2.24) is 9.80 Å². The van der Waals surface area contributed by atoms with Gasteiger partial charge in [0.05, 0.1) is 11.8 Å². The molecule has 3 fully saturated rings. The minimum absolute atomic E-state index is 0.101. The summed E-state index contributed by atoms with van der Waals surface area (Å²) in [4.78, 5) is 4.86. The van der Waals surface area contributed by atoms with Crippen LogP contribution in [0.4, 0.5) is 0 Å². The molecule has 0 radical (unpaired) electrons. The van der Waals surface area contributed by atoms with Crippen molar-refractivity contribution in [2.75, 3.05) is 27.2 Å². The zero-order valence-corrected chi connectivity index (χ0v) is 9.54. The smallest absolute Gasteiger partial charge is 0.0832 e. The highest BCUT2D eigenvalue weighted by Crippen LogP contribution is 2.68. The number of rotatable bonds is 0. The highest BCUT2D eigenvalue weighted by atomic mass is 16.3. The van der Waals surface area contributed by atoms with Crippen LogP contribution in [-0.4, -0.2) is 53.9 Å². The normalized spacial score (nSPS) is 62.8. The van der Waals surface area contributed by atoms with Gasteiger partial charge in [-0.15, -0.1) is 0 Å². The first-order valence-corrected chi connectivity index (χ1v) is 5.47. The van der Waals surface area contributed by atoms with Crippen molar-refractivity contribution in [3.63, 3.8) is 0 Å². The number of piperidine rings is 1. The third kappa shape index (κ3) is 0.589. The zero-order valence-electron chi connectivity index (χ0n) is 9.54. The van der Waals surface area contributed by atoms with Crippen LogP contribution in [0.1, 0.15) is 20.3 Å². The van der Waals surface area contributed by atoms with Crippen LogP contribution in [0.3, 0.4) is 0 Å². The van der Waals surface area contributed by atoms with E-state index in [0.717, 1.165) is 19.5 Å². The Kier molecular flexibility index (Phi) is 1.33. The molecule has 3 rings (SSSR count). The van der Waals surface area contributed by atoms with E-state index in [2.05, 4.69) is 37.7 Å². The molecule has 1 saturated carbocycles. The first-order chi connectivity index (χ1) is 6.37. The van der Waals surface area contributed by atoms with E-state index in [1.54, 1.807) is 0 Å². The Labute approximate surface area is 85.7 Å². The predicted molar refractivity (Wildman–Crippen MR) is 54.8 cm³/mol. The summed E-state index contributed by atoms with van der Waals surface area (Å²) < 4.78 is 0. The molecule has 80 valence electrons. The van der Waals surface area contributed by atoms with Gasteiger partial charge in [-0.25, -0.2) is 0 Å². The minimum atomic E-state index is -0.123. The van der Waals surface area contributed by atoms with Gasteiger partial charge in [0.25, 0.3) is 0 Å². The number of hydrogen-bond acceptors (Lipinski definition) is 3. The molecule has 3 heteroatoms. The van der Waals surface area contributed by atoms with Crippen molar-refractivity contribution < 1.29 is 5.11 Å². The number of likely N-dealkylation sites (tertiary alicyclic amines) is 2. The Morgan fingerprint density at radius 2 is 1.71 bits per heavy atom. The fourth-order valence-electron chi connectivity index (χ4n) is 4.84. The van der Waals surface area contributed by atoms with Gasteiger partial charge >= 0.3 is 0 Å². The first kappa shape index (κ1) is 9.13. The van der Waals surface area contributed by atoms with Gasteiger partial charge in [0.1, 0.15) is 0 Å². The van der Waals surface area contributed by atoms with Crippen LogP contribution in [-0.2, 0) is 0 Å². The summed E-state index contributed by atoms with van der Waals surface area (Å²) in [7, 11) is 4.38. The van der Waals surface area contributed by atoms with E-state index >= 15 is 0 Å². The van der Waals surface area contributed by atoms with Gasteiger partial charge in [0.2, 0.25) is 0 Å². The van der Waals surface area contributed by atoms with E-state index < -0.39 is 0 Å². The number of fused-ring (bicyclic) bond motifs is 1. The first-order valence-electron chi connectivity index (χ1n) is 5.47. The molecule has 1 N–H and O–H groups in total. The lowest BCUT2D eigenvalue weighted by molar-refractivity contribution is -0.240. The van der Waals surface area contributed by atoms with Gasteiger partial charge in [-0.3, -0.25) is 9.80 Å². The largest absolute Gasteiger partial charge is 0.392 e. The highest BCUT2D eigenvalue weighted by Gasteiger charge is 2.78. The van der Waals surface area contributed by atoms with Crippen molar-refractivity contribution in [1.29, 1.82) is 0 Å². The average Bonchev–Trinajstić information content (AvgIpc) is 2.45. The van der Waals surface area contributed by atoms with Gasteiger partial charge < -0.3 is 5.11 Å². The molecule has 14 heavy (non-hydrogen) atoms. The van der Waals surface area contributed by atoms with Crippen molar-refractivity contribution in [2.24, 2.45) is 10.8 Å². The number of aliphatic hydroxyl groups is 1. The summed E-state index contributed by atoms with van der Waals surface area (Å²) >= 11 is 0. The standard InChI is InChI=1S/C11H20N2O/c1-9-5-11(12(3)6-9)10(2,8(9)14)7-13(11)4/h8,14H,5-7H2,1-4H3. The average molecular weight is 196 g/mol. The third-order valence-corrected chi connectivity index (χ3v) is 5.26. The number of nitrogens with zero attached hydrogens (tertiary/aromatic N) is 2. The van der Waals surface area contributed by atoms with Gasteiger partial charge in [0, 0.05) is 23.9 Å². The predicted octanol–water partition coefficient (Wildman–Crippen LogP) is 0.351. The van der Waals surface area contributed by atoms with Gasteiger partial charge in [-0.1, -0.05) is 13.8 Å². The van der Waals surface area contributed by atoms with Gasteiger partial charge in [-0.2, -0.15) is 0 Å². The fraction of sp³-hybridized carbons (Fsp3) is 1.00. The number of hydrogen-bond donors (Lipinski definition) is 1. The van der Waals surface area contributed by atoms with Crippen LogP contribution in [0.2, 0.25) is 0 Å². The van der Waals surface area contributed by atoms with Crippen LogP contribution in [0, 0.1) is 10.8 Å². The summed E-state index contributed by atoms with van der Waals surface area (Å²) in [6, 6.07) is 0. The van der Waals surface area contributed by atoms with Crippen LogP contribution < -0.4 is 0 Å². The molecule has 2 bridgehead atoms. The molecule has 0 aromatic rings. The Hall–Kier alpha value is -0.120. The molecule has 0 amide bonds.